The predicted molar refractivity (Wildman–Crippen MR) is 59.7 cm³/mol. The highest BCUT2D eigenvalue weighted by Gasteiger charge is 2.17. The van der Waals surface area contributed by atoms with E-state index in [4.69, 9.17) is 14.5 Å². The van der Waals surface area contributed by atoms with Crippen LogP contribution in [0.15, 0.2) is 30.9 Å². The van der Waals surface area contributed by atoms with Crippen molar-refractivity contribution < 1.29 is 28.4 Å². The van der Waals surface area contributed by atoms with Gasteiger partial charge in [-0.15, -0.1) is 0 Å². The van der Waals surface area contributed by atoms with E-state index in [9.17, 15) is 9.36 Å². The maximum absolute atomic E-state index is 10.9. The number of esters is 1. The molecular weight excluding hydrogens is 247 g/mol. The summed E-state index contributed by atoms with van der Waals surface area (Å²) in [5.74, 6) is -0.352. The summed E-state index contributed by atoms with van der Waals surface area (Å²) in [6.45, 7) is 4.81. The molecule has 92 valence electrons. The van der Waals surface area contributed by atoms with Gasteiger partial charge in [0.25, 0.3) is 0 Å². The third-order valence-corrected chi connectivity index (χ3v) is 2.18. The molecule has 1 aromatic rings. The Hall–Kier alpha value is -1.62. The van der Waals surface area contributed by atoms with Gasteiger partial charge < -0.3 is 9.26 Å². The van der Waals surface area contributed by atoms with Crippen molar-refractivity contribution in [3.8, 4) is 11.5 Å². The molecule has 0 aliphatic carbocycles. The number of hydrogen-bond donors (Lipinski definition) is 2. The van der Waals surface area contributed by atoms with Crippen LogP contribution in [0, 0.1) is 6.92 Å². The number of carbonyl (C=O) groups excluding carboxylic acids is 1. The van der Waals surface area contributed by atoms with Crippen LogP contribution in [0.2, 0.25) is 0 Å². The molecule has 0 fully saturated rings. The monoisotopic (exact) mass is 258 g/mol. The summed E-state index contributed by atoms with van der Waals surface area (Å²) < 4.78 is 19.9. The van der Waals surface area contributed by atoms with Gasteiger partial charge in [0.2, 0.25) is 0 Å². The molecule has 0 bridgehead atoms. The lowest BCUT2D eigenvalue weighted by molar-refractivity contribution is -0.128. The fourth-order valence-electron chi connectivity index (χ4n) is 1.07. The van der Waals surface area contributed by atoms with Gasteiger partial charge in [0, 0.05) is 6.08 Å². The van der Waals surface area contributed by atoms with E-state index in [1.54, 1.807) is 6.92 Å². The van der Waals surface area contributed by atoms with Crippen LogP contribution in [0.3, 0.4) is 0 Å². The molecule has 7 heteroatoms. The second-order valence-corrected chi connectivity index (χ2v) is 4.30. The average molecular weight is 258 g/mol. The molecule has 0 radical (unpaired) electrons. The van der Waals surface area contributed by atoms with Crippen LogP contribution < -0.4 is 9.26 Å². The molecule has 0 amide bonds. The molecule has 1 rings (SSSR count). The lowest BCUT2D eigenvalue weighted by Crippen LogP contribution is -2.03. The Bertz CT molecular complexity index is 490. The van der Waals surface area contributed by atoms with Crippen LogP contribution >= 0.6 is 7.82 Å². The van der Waals surface area contributed by atoms with E-state index in [0.717, 1.165) is 6.08 Å². The molecule has 2 N–H and O–H groups in total. The Morgan fingerprint density at radius 1 is 1.47 bits per heavy atom. The van der Waals surface area contributed by atoms with Crippen molar-refractivity contribution in [3.05, 3.63) is 36.4 Å². The van der Waals surface area contributed by atoms with E-state index in [2.05, 4.69) is 11.1 Å². The normalized spacial score (nSPS) is 10.8. The minimum Gasteiger partial charge on any atom is -0.423 e. The molecule has 0 spiro atoms. The molecule has 0 aliphatic rings. The standard InChI is InChI=1S/C10H11O6P/c1-3-10(11)15-8-4-5-9(7(2)6-8)16-17(12,13)14/h3-6H,1H2,2H3,(H2,12,13,14). The number of carbonyl (C=O) groups is 1. The topological polar surface area (TPSA) is 93.1 Å². The zero-order chi connectivity index (χ0) is 13.1. The highest BCUT2D eigenvalue weighted by Crippen LogP contribution is 2.39. The van der Waals surface area contributed by atoms with E-state index >= 15 is 0 Å². The molecule has 0 saturated heterocycles. The fraction of sp³-hybridized carbons (Fsp3) is 0.100. The Labute approximate surface area is 97.7 Å². The zero-order valence-electron chi connectivity index (χ0n) is 8.99. The molecule has 0 saturated carbocycles. The zero-order valence-corrected chi connectivity index (χ0v) is 9.89. The summed E-state index contributed by atoms with van der Waals surface area (Å²) in [6.07, 6.45) is 1.01. The van der Waals surface area contributed by atoms with Gasteiger partial charge in [0.05, 0.1) is 0 Å². The molecule has 0 atom stereocenters. The van der Waals surface area contributed by atoms with Crippen LogP contribution in [0.1, 0.15) is 5.56 Å². The molecule has 17 heavy (non-hydrogen) atoms. The Kier molecular flexibility index (Phi) is 4.07. The van der Waals surface area contributed by atoms with E-state index in [0.29, 0.717) is 5.56 Å². The van der Waals surface area contributed by atoms with E-state index in [-0.39, 0.29) is 11.5 Å². The van der Waals surface area contributed by atoms with Crippen molar-refractivity contribution in [2.45, 2.75) is 6.92 Å². The molecular formula is C10H11O6P. The summed E-state index contributed by atoms with van der Waals surface area (Å²) in [4.78, 5) is 28.2. The van der Waals surface area contributed by atoms with Gasteiger partial charge in [-0.3, -0.25) is 9.79 Å². The first-order valence-corrected chi connectivity index (χ1v) is 6.05. The van der Waals surface area contributed by atoms with Gasteiger partial charge in [0.1, 0.15) is 11.5 Å². The van der Waals surface area contributed by atoms with Crippen molar-refractivity contribution in [1.29, 1.82) is 0 Å². The molecule has 6 nitrogen and oxygen atoms in total. The fourth-order valence-corrected chi connectivity index (χ4v) is 1.53. The molecule has 1 aromatic carbocycles. The third kappa shape index (κ3) is 4.40. The third-order valence-electron chi connectivity index (χ3n) is 1.75. The maximum Gasteiger partial charge on any atom is 0.524 e. The number of hydrogen-bond acceptors (Lipinski definition) is 4. The summed E-state index contributed by atoms with van der Waals surface area (Å²) in [5.41, 5.74) is 0.433. The first-order chi connectivity index (χ1) is 7.81. The molecule has 0 unspecified atom stereocenters. The van der Waals surface area contributed by atoms with Crippen molar-refractivity contribution in [2.24, 2.45) is 0 Å². The minimum atomic E-state index is -4.59. The predicted octanol–water partition coefficient (Wildman–Crippen LogP) is 1.56. The van der Waals surface area contributed by atoms with Gasteiger partial charge in [-0.1, -0.05) is 6.58 Å². The van der Waals surface area contributed by atoms with E-state index in [1.807, 2.05) is 0 Å². The summed E-state index contributed by atoms with van der Waals surface area (Å²) in [7, 11) is -4.59. The SMILES string of the molecule is C=CC(=O)Oc1ccc(OP(=O)(O)O)c(C)c1. The van der Waals surface area contributed by atoms with Crippen LogP contribution in [-0.2, 0) is 9.36 Å². The van der Waals surface area contributed by atoms with Gasteiger partial charge in [-0.05, 0) is 30.7 Å². The van der Waals surface area contributed by atoms with Crippen LogP contribution in [0.25, 0.3) is 0 Å². The highest BCUT2D eigenvalue weighted by atomic mass is 31.2. The number of aryl methyl sites for hydroxylation is 1. The first-order valence-electron chi connectivity index (χ1n) is 4.52. The van der Waals surface area contributed by atoms with Gasteiger partial charge in [0.15, 0.2) is 0 Å². The second-order valence-electron chi connectivity index (χ2n) is 3.13. The molecule has 0 aromatic heterocycles. The summed E-state index contributed by atoms with van der Waals surface area (Å²) in [5, 5.41) is 0. The molecule has 0 heterocycles. The van der Waals surface area contributed by atoms with Crippen molar-refractivity contribution >= 4 is 13.8 Å². The van der Waals surface area contributed by atoms with Crippen molar-refractivity contribution in [3.63, 3.8) is 0 Å². The number of phosphoric ester groups is 1. The highest BCUT2D eigenvalue weighted by molar-refractivity contribution is 7.46. The second kappa shape index (κ2) is 5.14. The van der Waals surface area contributed by atoms with Crippen LogP contribution in [0.4, 0.5) is 0 Å². The lowest BCUT2D eigenvalue weighted by atomic mass is 10.2. The Morgan fingerprint density at radius 3 is 2.59 bits per heavy atom. The van der Waals surface area contributed by atoms with Gasteiger partial charge >= 0.3 is 13.8 Å². The average Bonchev–Trinajstić information content (AvgIpc) is 2.20. The van der Waals surface area contributed by atoms with E-state index < -0.39 is 13.8 Å². The van der Waals surface area contributed by atoms with Crippen molar-refractivity contribution in [1.82, 2.24) is 0 Å². The molecule has 0 aliphatic heterocycles. The number of rotatable bonds is 4. The van der Waals surface area contributed by atoms with Gasteiger partial charge in [-0.2, -0.15) is 0 Å². The first kappa shape index (κ1) is 13.4. The van der Waals surface area contributed by atoms with Crippen LogP contribution in [-0.4, -0.2) is 15.8 Å². The van der Waals surface area contributed by atoms with Gasteiger partial charge in [-0.25, -0.2) is 9.36 Å². The number of phosphoric acid groups is 1. The van der Waals surface area contributed by atoms with Crippen molar-refractivity contribution in [2.75, 3.05) is 0 Å². The van der Waals surface area contributed by atoms with E-state index in [1.165, 1.54) is 18.2 Å². The van der Waals surface area contributed by atoms with Crippen LogP contribution in [0.5, 0.6) is 11.5 Å². The smallest absolute Gasteiger partial charge is 0.423 e. The largest absolute Gasteiger partial charge is 0.524 e. The summed E-state index contributed by atoms with van der Waals surface area (Å²) >= 11 is 0. The number of ether oxygens (including phenoxy) is 1. The minimum absolute atomic E-state index is 0.0248. The Balaban J connectivity index is 2.90. The summed E-state index contributed by atoms with van der Waals surface area (Å²) in [6, 6.07) is 4.09. The quantitative estimate of drug-likeness (QED) is 0.368. The number of benzene rings is 1. The maximum atomic E-state index is 10.9. The Morgan fingerprint density at radius 2 is 2.12 bits per heavy atom. The lowest BCUT2D eigenvalue weighted by Gasteiger charge is -2.10.